The Balaban J connectivity index is 1.49. The summed E-state index contributed by atoms with van der Waals surface area (Å²) >= 11 is 0. The second-order valence-electron chi connectivity index (χ2n) is 7.20. The lowest BCUT2D eigenvalue weighted by Crippen LogP contribution is -2.36. The highest BCUT2D eigenvalue weighted by molar-refractivity contribution is 7.92. The van der Waals surface area contributed by atoms with Gasteiger partial charge in [0.15, 0.2) is 5.82 Å². The van der Waals surface area contributed by atoms with Crippen molar-refractivity contribution in [2.45, 2.75) is 11.1 Å². The summed E-state index contributed by atoms with van der Waals surface area (Å²) in [5, 5.41) is 8.43. The number of alkyl halides is 3. The van der Waals surface area contributed by atoms with E-state index in [2.05, 4.69) is 19.8 Å². The number of nitrogens with one attached hydrogen (secondary N) is 1. The SMILES string of the molecule is O=S(=O)(Nc1ccc(-c2ccc(N3CCOCC3)nn2)cc1)c1ccc(F)c(C(F)(F)F)c1. The number of benzene rings is 2. The zero-order chi connectivity index (χ0) is 23.6. The van der Waals surface area contributed by atoms with Crippen LogP contribution in [-0.2, 0) is 20.9 Å². The lowest BCUT2D eigenvalue weighted by atomic mass is 10.1. The minimum atomic E-state index is -5.02. The zero-order valence-electron chi connectivity index (χ0n) is 17.0. The summed E-state index contributed by atoms with van der Waals surface area (Å²) in [6.45, 7) is 2.69. The molecule has 0 radical (unpaired) electrons. The molecule has 2 aromatic carbocycles. The van der Waals surface area contributed by atoms with E-state index >= 15 is 0 Å². The standard InChI is InChI=1S/C21H18F4N4O3S/c22-18-6-5-16(13-17(18)21(23,24)25)33(30,31)28-15-3-1-14(2-4-15)19-7-8-20(27-26-19)29-9-11-32-12-10-29/h1-8,13,28H,9-12H2. The number of anilines is 2. The van der Waals surface area contributed by atoms with E-state index in [4.69, 9.17) is 4.74 Å². The molecule has 1 aliphatic heterocycles. The van der Waals surface area contributed by atoms with Crippen LogP contribution in [0.1, 0.15) is 5.56 Å². The van der Waals surface area contributed by atoms with Crippen LogP contribution >= 0.6 is 0 Å². The fraction of sp³-hybridized carbons (Fsp3) is 0.238. The van der Waals surface area contributed by atoms with Gasteiger partial charge in [0.25, 0.3) is 10.0 Å². The quantitative estimate of drug-likeness (QED) is 0.555. The molecule has 1 aromatic heterocycles. The van der Waals surface area contributed by atoms with Gasteiger partial charge in [-0.3, -0.25) is 4.72 Å². The predicted molar refractivity (Wildman–Crippen MR) is 113 cm³/mol. The van der Waals surface area contributed by atoms with Crippen LogP contribution in [0.2, 0.25) is 0 Å². The molecule has 0 unspecified atom stereocenters. The van der Waals surface area contributed by atoms with Gasteiger partial charge in [0.05, 0.1) is 29.4 Å². The van der Waals surface area contributed by atoms with E-state index in [0.717, 1.165) is 25.0 Å². The molecule has 0 aliphatic carbocycles. The number of hydrogen-bond donors (Lipinski definition) is 1. The molecule has 1 aliphatic rings. The summed E-state index contributed by atoms with van der Waals surface area (Å²) in [7, 11) is -4.37. The molecule has 1 saturated heterocycles. The Morgan fingerprint density at radius 3 is 2.24 bits per heavy atom. The van der Waals surface area contributed by atoms with E-state index in [0.29, 0.717) is 30.5 Å². The Kier molecular flexibility index (Phi) is 6.21. The maximum absolute atomic E-state index is 13.5. The van der Waals surface area contributed by atoms with Crippen LogP contribution in [0.4, 0.5) is 29.1 Å². The first-order chi connectivity index (χ1) is 15.6. The van der Waals surface area contributed by atoms with Gasteiger partial charge in [-0.15, -0.1) is 10.2 Å². The van der Waals surface area contributed by atoms with Gasteiger partial charge < -0.3 is 9.64 Å². The summed E-state index contributed by atoms with van der Waals surface area (Å²) in [6.07, 6.45) is -5.02. The van der Waals surface area contributed by atoms with Crippen LogP contribution in [0, 0.1) is 5.82 Å². The largest absolute Gasteiger partial charge is 0.419 e. The Hall–Kier alpha value is -3.25. The highest BCUT2D eigenvalue weighted by atomic mass is 32.2. The minimum absolute atomic E-state index is 0.120. The first-order valence-corrected chi connectivity index (χ1v) is 11.3. The van der Waals surface area contributed by atoms with E-state index in [9.17, 15) is 26.0 Å². The molecule has 0 amide bonds. The van der Waals surface area contributed by atoms with Crippen molar-refractivity contribution in [3.63, 3.8) is 0 Å². The summed E-state index contributed by atoms with van der Waals surface area (Å²) < 4.78 is 84.7. The third kappa shape index (κ3) is 5.22. The first kappa shape index (κ1) is 22.9. The number of aromatic nitrogens is 2. The van der Waals surface area contributed by atoms with Crippen LogP contribution < -0.4 is 9.62 Å². The fourth-order valence-corrected chi connectivity index (χ4v) is 4.34. The Morgan fingerprint density at radius 2 is 1.64 bits per heavy atom. The second kappa shape index (κ2) is 8.94. The molecular weight excluding hydrogens is 464 g/mol. The molecule has 0 bridgehead atoms. The Labute approximate surface area is 187 Å². The third-order valence-corrected chi connectivity index (χ3v) is 6.35. The van der Waals surface area contributed by atoms with E-state index < -0.39 is 32.5 Å². The minimum Gasteiger partial charge on any atom is -0.378 e. The maximum Gasteiger partial charge on any atom is 0.419 e. The fourth-order valence-electron chi connectivity index (χ4n) is 3.25. The molecule has 33 heavy (non-hydrogen) atoms. The number of nitrogens with zero attached hydrogens (tertiary/aromatic N) is 3. The smallest absolute Gasteiger partial charge is 0.378 e. The molecule has 174 valence electrons. The first-order valence-electron chi connectivity index (χ1n) is 9.80. The van der Waals surface area contributed by atoms with E-state index in [1.54, 1.807) is 18.2 Å². The van der Waals surface area contributed by atoms with Gasteiger partial charge in [-0.2, -0.15) is 13.2 Å². The predicted octanol–water partition coefficient (Wildman–Crippen LogP) is 3.94. The van der Waals surface area contributed by atoms with Gasteiger partial charge in [-0.1, -0.05) is 12.1 Å². The highest BCUT2D eigenvalue weighted by Gasteiger charge is 2.35. The summed E-state index contributed by atoms with van der Waals surface area (Å²) in [5.74, 6) is -0.824. The summed E-state index contributed by atoms with van der Waals surface area (Å²) in [4.78, 5) is 1.35. The van der Waals surface area contributed by atoms with Crippen molar-refractivity contribution in [2.24, 2.45) is 0 Å². The molecule has 3 aromatic rings. The number of ether oxygens (including phenoxy) is 1. The Bertz CT molecular complexity index is 1230. The molecular formula is C21H18F4N4O3S. The van der Waals surface area contributed by atoms with Gasteiger partial charge in [0.1, 0.15) is 5.82 Å². The van der Waals surface area contributed by atoms with E-state index in [-0.39, 0.29) is 11.8 Å². The van der Waals surface area contributed by atoms with E-state index in [1.165, 1.54) is 12.1 Å². The topological polar surface area (TPSA) is 84.4 Å². The number of sulfonamides is 1. The van der Waals surface area contributed by atoms with Crippen molar-refractivity contribution >= 4 is 21.5 Å². The van der Waals surface area contributed by atoms with Crippen LogP contribution in [0.25, 0.3) is 11.3 Å². The number of rotatable bonds is 5. The number of morpholine rings is 1. The van der Waals surface area contributed by atoms with Crippen molar-refractivity contribution in [1.82, 2.24) is 10.2 Å². The van der Waals surface area contributed by atoms with Gasteiger partial charge in [0, 0.05) is 24.3 Å². The average Bonchev–Trinajstić information content (AvgIpc) is 2.79. The zero-order valence-corrected chi connectivity index (χ0v) is 17.8. The molecule has 0 saturated carbocycles. The lowest BCUT2D eigenvalue weighted by molar-refractivity contribution is -0.140. The van der Waals surface area contributed by atoms with Crippen LogP contribution in [0.15, 0.2) is 59.5 Å². The van der Waals surface area contributed by atoms with Gasteiger partial charge in [-0.05, 0) is 42.5 Å². The van der Waals surface area contributed by atoms with Gasteiger partial charge >= 0.3 is 6.18 Å². The average molecular weight is 482 g/mol. The molecule has 1 fully saturated rings. The molecule has 1 N–H and O–H groups in total. The molecule has 12 heteroatoms. The van der Waals surface area contributed by atoms with Crippen LogP contribution in [-0.4, -0.2) is 44.9 Å². The van der Waals surface area contributed by atoms with Crippen molar-refractivity contribution < 1.29 is 30.7 Å². The lowest BCUT2D eigenvalue weighted by Gasteiger charge is -2.27. The van der Waals surface area contributed by atoms with Crippen molar-refractivity contribution in [2.75, 3.05) is 35.9 Å². The number of hydrogen-bond acceptors (Lipinski definition) is 6. The molecule has 0 atom stereocenters. The van der Waals surface area contributed by atoms with Gasteiger partial charge in [0.2, 0.25) is 0 Å². The van der Waals surface area contributed by atoms with Gasteiger partial charge in [-0.25, -0.2) is 12.8 Å². The molecule has 7 nitrogen and oxygen atoms in total. The van der Waals surface area contributed by atoms with Crippen LogP contribution in [0.5, 0.6) is 0 Å². The van der Waals surface area contributed by atoms with Crippen LogP contribution in [0.3, 0.4) is 0 Å². The second-order valence-corrected chi connectivity index (χ2v) is 8.88. The highest BCUT2D eigenvalue weighted by Crippen LogP contribution is 2.33. The van der Waals surface area contributed by atoms with E-state index in [1.807, 2.05) is 6.07 Å². The van der Waals surface area contributed by atoms with Crippen molar-refractivity contribution in [3.05, 3.63) is 66.0 Å². The van der Waals surface area contributed by atoms with Crippen molar-refractivity contribution in [1.29, 1.82) is 0 Å². The molecule has 0 spiro atoms. The summed E-state index contributed by atoms with van der Waals surface area (Å²) in [6, 6.07) is 11.2. The molecule has 2 heterocycles. The monoisotopic (exact) mass is 482 g/mol. The van der Waals surface area contributed by atoms with Crippen molar-refractivity contribution in [3.8, 4) is 11.3 Å². The molecule has 4 rings (SSSR count). The maximum atomic E-state index is 13.5. The normalized spacial score (nSPS) is 14.8. The third-order valence-electron chi connectivity index (χ3n) is 4.97. The summed E-state index contributed by atoms with van der Waals surface area (Å²) in [5.41, 5.74) is -0.302. The Morgan fingerprint density at radius 1 is 0.939 bits per heavy atom. The number of halogens is 4.